The number of nitrogens with zero attached hydrogens (tertiary/aromatic N) is 5. The van der Waals surface area contributed by atoms with E-state index in [1.54, 1.807) is 55.3 Å². The number of aliphatic hydroxyl groups is 1. The van der Waals surface area contributed by atoms with Gasteiger partial charge in [-0.2, -0.15) is 10.1 Å². The highest BCUT2D eigenvalue weighted by atomic mass is 35.5. The van der Waals surface area contributed by atoms with E-state index in [9.17, 15) is 14.7 Å². The molecule has 0 saturated carbocycles. The first-order valence-electron chi connectivity index (χ1n) is 9.39. The van der Waals surface area contributed by atoms with E-state index in [1.807, 2.05) is 0 Å². The van der Waals surface area contributed by atoms with Crippen LogP contribution in [-0.2, 0) is 20.0 Å². The molecular weight excluding hydrogens is 424 g/mol. The number of aryl methyl sites for hydroxylation is 1. The molecule has 0 aliphatic carbocycles. The number of aromatic nitrogens is 6. The Morgan fingerprint density at radius 1 is 1.26 bits per heavy atom. The first-order chi connectivity index (χ1) is 14.8. The van der Waals surface area contributed by atoms with Crippen LogP contribution >= 0.6 is 11.6 Å². The highest BCUT2D eigenvalue weighted by Gasteiger charge is 2.17. The van der Waals surface area contributed by atoms with Crippen molar-refractivity contribution in [3.63, 3.8) is 0 Å². The van der Waals surface area contributed by atoms with Crippen molar-refractivity contribution in [3.8, 4) is 11.3 Å². The lowest BCUT2D eigenvalue weighted by atomic mass is 10.1. The SMILES string of the molecule is Cc1c(-c2cnn(C)c2)[nH]c(=O)n(Cc2nc(C[C@H](O)c3ccc(Cl)cc3)no2)c1=O. The third kappa shape index (κ3) is 4.35. The molecule has 4 rings (SSSR count). The molecule has 10 nitrogen and oxygen atoms in total. The summed E-state index contributed by atoms with van der Waals surface area (Å²) in [6, 6.07) is 6.77. The van der Waals surface area contributed by atoms with Gasteiger partial charge in [-0.3, -0.25) is 14.0 Å². The molecule has 0 radical (unpaired) electrons. The smallest absolute Gasteiger partial charge is 0.329 e. The zero-order valence-corrected chi connectivity index (χ0v) is 17.5. The van der Waals surface area contributed by atoms with Crippen LogP contribution in [-0.4, -0.2) is 34.6 Å². The van der Waals surface area contributed by atoms with Crippen molar-refractivity contribution in [2.75, 3.05) is 0 Å². The Kier molecular flexibility index (Phi) is 5.57. The normalized spacial score (nSPS) is 12.3. The summed E-state index contributed by atoms with van der Waals surface area (Å²) in [6.07, 6.45) is 2.53. The van der Waals surface area contributed by atoms with Gasteiger partial charge >= 0.3 is 5.69 Å². The summed E-state index contributed by atoms with van der Waals surface area (Å²) in [7, 11) is 1.75. The van der Waals surface area contributed by atoms with E-state index < -0.39 is 17.4 Å². The van der Waals surface area contributed by atoms with Gasteiger partial charge in [0.25, 0.3) is 5.56 Å². The van der Waals surface area contributed by atoms with E-state index in [0.717, 1.165) is 4.57 Å². The Morgan fingerprint density at radius 3 is 2.68 bits per heavy atom. The first kappa shape index (κ1) is 20.8. The van der Waals surface area contributed by atoms with Gasteiger partial charge in [0.1, 0.15) is 6.54 Å². The van der Waals surface area contributed by atoms with Crippen molar-refractivity contribution in [2.24, 2.45) is 7.05 Å². The zero-order valence-electron chi connectivity index (χ0n) is 16.7. The summed E-state index contributed by atoms with van der Waals surface area (Å²) in [5, 5.41) is 18.8. The van der Waals surface area contributed by atoms with Crippen LogP contribution in [0.5, 0.6) is 0 Å². The molecule has 0 aliphatic heterocycles. The van der Waals surface area contributed by atoms with E-state index in [1.165, 1.54) is 0 Å². The summed E-state index contributed by atoms with van der Waals surface area (Å²) in [5.74, 6) is 0.338. The number of nitrogens with one attached hydrogen (secondary N) is 1. The Balaban J connectivity index is 1.54. The molecule has 3 heterocycles. The minimum Gasteiger partial charge on any atom is -0.388 e. The number of aliphatic hydroxyl groups excluding tert-OH is 1. The average Bonchev–Trinajstić information content (AvgIpc) is 3.37. The molecule has 3 aromatic heterocycles. The van der Waals surface area contributed by atoms with E-state index in [0.29, 0.717) is 27.4 Å². The van der Waals surface area contributed by atoms with Gasteiger partial charge in [0.2, 0.25) is 5.89 Å². The molecule has 2 N–H and O–H groups in total. The van der Waals surface area contributed by atoms with Gasteiger partial charge in [0, 0.05) is 35.8 Å². The largest absolute Gasteiger partial charge is 0.388 e. The second-order valence-electron chi connectivity index (χ2n) is 7.10. The molecular formula is C20H19ClN6O4. The van der Waals surface area contributed by atoms with Crippen molar-refractivity contribution in [1.82, 2.24) is 29.5 Å². The molecule has 0 amide bonds. The van der Waals surface area contributed by atoms with Crippen LogP contribution in [0, 0.1) is 6.92 Å². The average molecular weight is 443 g/mol. The minimum absolute atomic E-state index is 0.0828. The van der Waals surface area contributed by atoms with E-state index in [2.05, 4.69) is 20.2 Å². The molecule has 31 heavy (non-hydrogen) atoms. The molecule has 0 fully saturated rings. The van der Waals surface area contributed by atoms with Gasteiger partial charge in [-0.25, -0.2) is 4.79 Å². The van der Waals surface area contributed by atoms with Crippen LogP contribution in [0.1, 0.15) is 28.9 Å². The van der Waals surface area contributed by atoms with Gasteiger partial charge in [-0.15, -0.1) is 0 Å². The van der Waals surface area contributed by atoms with E-state index in [-0.39, 0.29) is 24.7 Å². The quantitative estimate of drug-likeness (QED) is 0.463. The van der Waals surface area contributed by atoms with E-state index >= 15 is 0 Å². The number of benzene rings is 1. The van der Waals surface area contributed by atoms with Gasteiger partial charge in [0.15, 0.2) is 5.82 Å². The molecule has 160 valence electrons. The maximum Gasteiger partial charge on any atom is 0.329 e. The molecule has 0 unspecified atom stereocenters. The summed E-state index contributed by atoms with van der Waals surface area (Å²) in [4.78, 5) is 32.2. The Bertz CT molecular complexity index is 1330. The van der Waals surface area contributed by atoms with Crippen LogP contribution in [0.4, 0.5) is 0 Å². The standard InChI is InChI=1S/C20H19ClN6O4/c1-11-18(13-8-22-26(2)9-13)24-20(30)27(19(11)29)10-17-23-16(25-31-17)7-15(28)12-3-5-14(21)6-4-12/h3-6,8-9,15,28H,7,10H2,1-2H3,(H,24,30)/t15-/m0/s1. The maximum atomic E-state index is 12.8. The molecule has 11 heteroatoms. The number of aromatic amines is 1. The van der Waals surface area contributed by atoms with E-state index in [4.69, 9.17) is 16.1 Å². The Morgan fingerprint density at radius 2 is 2.00 bits per heavy atom. The van der Waals surface area contributed by atoms with Crippen molar-refractivity contribution in [1.29, 1.82) is 0 Å². The van der Waals surface area contributed by atoms with Crippen molar-refractivity contribution >= 4 is 11.6 Å². The predicted octanol–water partition coefficient (Wildman–Crippen LogP) is 1.61. The predicted molar refractivity (Wildman–Crippen MR) is 112 cm³/mol. The van der Waals surface area contributed by atoms with Crippen LogP contribution in [0.25, 0.3) is 11.3 Å². The zero-order chi connectivity index (χ0) is 22.1. The maximum absolute atomic E-state index is 12.8. The van der Waals surface area contributed by atoms with Crippen molar-refractivity contribution < 1.29 is 9.63 Å². The molecule has 4 aromatic rings. The van der Waals surface area contributed by atoms with Gasteiger partial charge in [-0.05, 0) is 24.6 Å². The lowest BCUT2D eigenvalue weighted by molar-refractivity contribution is 0.174. The first-order valence-corrected chi connectivity index (χ1v) is 9.77. The molecule has 0 aliphatic rings. The number of rotatable bonds is 6. The molecule has 1 atom stereocenters. The van der Waals surface area contributed by atoms with Crippen LogP contribution in [0.3, 0.4) is 0 Å². The number of hydrogen-bond donors (Lipinski definition) is 2. The Hall–Kier alpha value is -3.50. The summed E-state index contributed by atoms with van der Waals surface area (Å²) in [5.41, 5.74) is 1.00. The van der Waals surface area contributed by atoms with Crippen LogP contribution in [0.15, 0.2) is 50.8 Å². The molecule has 1 aromatic carbocycles. The summed E-state index contributed by atoms with van der Waals surface area (Å²) >= 11 is 5.86. The van der Waals surface area contributed by atoms with Gasteiger partial charge in [0.05, 0.1) is 18.0 Å². The van der Waals surface area contributed by atoms with Gasteiger partial charge < -0.3 is 14.6 Å². The fourth-order valence-corrected chi connectivity index (χ4v) is 3.33. The molecule has 0 bridgehead atoms. The second-order valence-corrected chi connectivity index (χ2v) is 7.54. The summed E-state index contributed by atoms with van der Waals surface area (Å²) < 4.78 is 7.74. The lowest BCUT2D eigenvalue weighted by Gasteiger charge is -2.08. The number of H-pyrrole nitrogens is 1. The van der Waals surface area contributed by atoms with Crippen molar-refractivity contribution in [3.05, 3.63) is 85.4 Å². The van der Waals surface area contributed by atoms with Crippen LogP contribution in [0.2, 0.25) is 5.02 Å². The van der Waals surface area contributed by atoms with Crippen molar-refractivity contribution in [2.45, 2.75) is 26.0 Å². The Labute approximate surface area is 180 Å². The fraction of sp³-hybridized carbons (Fsp3) is 0.250. The minimum atomic E-state index is -0.852. The fourth-order valence-electron chi connectivity index (χ4n) is 3.20. The van der Waals surface area contributed by atoms with Crippen LogP contribution < -0.4 is 11.2 Å². The number of halogens is 1. The lowest BCUT2D eigenvalue weighted by Crippen LogP contribution is -2.37. The number of hydrogen-bond acceptors (Lipinski definition) is 7. The third-order valence-electron chi connectivity index (χ3n) is 4.85. The topological polar surface area (TPSA) is 132 Å². The monoisotopic (exact) mass is 442 g/mol. The molecule has 0 spiro atoms. The van der Waals surface area contributed by atoms with Gasteiger partial charge in [-0.1, -0.05) is 28.9 Å². The summed E-state index contributed by atoms with van der Waals surface area (Å²) in [6.45, 7) is 1.44. The highest BCUT2D eigenvalue weighted by Crippen LogP contribution is 2.19. The second kappa shape index (κ2) is 8.32. The highest BCUT2D eigenvalue weighted by molar-refractivity contribution is 6.30. The third-order valence-corrected chi connectivity index (χ3v) is 5.10. The molecule has 0 saturated heterocycles.